The van der Waals surface area contributed by atoms with E-state index in [2.05, 4.69) is 119 Å². The Morgan fingerprint density at radius 3 is 1.13 bits per heavy atom. The van der Waals surface area contributed by atoms with Crippen molar-refractivity contribution in [1.29, 1.82) is 0 Å². The Bertz CT molecular complexity index is 5530. The van der Waals surface area contributed by atoms with E-state index >= 15 is 0 Å². The number of halogens is 6. The van der Waals surface area contributed by atoms with Gasteiger partial charge >= 0.3 is 30.9 Å². The summed E-state index contributed by atoms with van der Waals surface area (Å²) in [6.07, 6.45) is 7.45. The monoisotopic (exact) mass is 2270 g/mol. The summed E-state index contributed by atoms with van der Waals surface area (Å²) in [4.78, 5) is 105. The minimum atomic E-state index is -0.833. The number of nitro benzene ring substituents is 4. The topological polar surface area (TPSA) is 420 Å². The SMILES string of the molecule is C#CC(=O)Oc1cc(C)c(Br)c(C)c1.C1CCOC1.C1COCCN1.CC(=O)O.CC(=O)O.Cc1cc(OC(=O)C#Cc2ccc([N+](=O)[O-])cc2)cc(C)c1Br.Cc1cc2oc(=O)cc(-c3ccc([N+](=O)[O-])cc3)c2c(C)c1Br.Cc1cc2oc(=O)cc(-c3ccc([N+](=O)[O-])cc3)c2c(C)c1Br.O=[N+]([O-])c1ccc(I)cc1.O[B]Oc1ccc(CBr)cc1.[Fe].[Pd]. The molecule has 4 N–H and O–H groups in total. The molecule has 38 heteroatoms. The van der Waals surface area contributed by atoms with Gasteiger partial charge in [-0.2, -0.15) is 0 Å². The van der Waals surface area contributed by atoms with Crippen LogP contribution < -0.4 is 30.7 Å². The number of hydrogen-bond donors (Lipinski definition) is 4. The van der Waals surface area contributed by atoms with Crippen molar-refractivity contribution in [3.05, 3.63) is 308 Å². The van der Waals surface area contributed by atoms with Crippen molar-refractivity contribution in [2.45, 2.75) is 87.4 Å². The Kier molecular flexibility index (Phi) is 51.2. The molecular weight excluding hydrogens is 2200 g/mol. The minimum Gasteiger partial charge on any atom is -0.537 e. The second kappa shape index (κ2) is 57.6. The molecule has 2 aliphatic rings. The van der Waals surface area contributed by atoms with Gasteiger partial charge in [-0.3, -0.25) is 50.0 Å². The van der Waals surface area contributed by atoms with Crippen LogP contribution in [0.2, 0.25) is 0 Å². The Hall–Kier alpha value is -9.98. The van der Waals surface area contributed by atoms with Crippen molar-refractivity contribution in [3.63, 3.8) is 0 Å². The van der Waals surface area contributed by atoms with Crippen LogP contribution in [-0.4, -0.2) is 106 Å². The van der Waals surface area contributed by atoms with Gasteiger partial charge in [-0.05, 0) is 249 Å². The molecule has 13 rings (SSSR count). The third-order valence-electron chi connectivity index (χ3n) is 16.3. The summed E-state index contributed by atoms with van der Waals surface area (Å²) < 4.78 is 40.2. The summed E-state index contributed by atoms with van der Waals surface area (Å²) in [5.74, 6) is 5.37. The summed E-state index contributed by atoms with van der Waals surface area (Å²) in [5, 5.41) is 71.0. The Morgan fingerprint density at radius 2 is 0.832 bits per heavy atom. The van der Waals surface area contributed by atoms with E-state index in [1.165, 1.54) is 91.2 Å². The number of nitrogens with zero attached hydrogens (tertiary/aromatic N) is 4. The van der Waals surface area contributed by atoms with Crippen LogP contribution in [0.1, 0.15) is 82.3 Å². The van der Waals surface area contributed by atoms with Crippen LogP contribution in [0, 0.1) is 124 Å². The van der Waals surface area contributed by atoms with E-state index in [1.54, 1.807) is 72.8 Å². The molecule has 125 heavy (non-hydrogen) atoms. The minimum absolute atomic E-state index is 0. The number of alkyl halides is 1. The van der Waals surface area contributed by atoms with Crippen LogP contribution in [0.5, 0.6) is 17.2 Å². The molecule has 4 heterocycles. The number of morpholine rings is 1. The summed E-state index contributed by atoms with van der Waals surface area (Å²) in [6, 6.07) is 45.1. The van der Waals surface area contributed by atoms with Crippen molar-refractivity contribution in [1.82, 2.24) is 5.32 Å². The van der Waals surface area contributed by atoms with Crippen molar-refractivity contribution in [2.75, 3.05) is 39.5 Å². The van der Waals surface area contributed by atoms with Crippen LogP contribution in [0.25, 0.3) is 44.2 Å². The fourth-order valence-corrected chi connectivity index (χ4v) is 12.4. The van der Waals surface area contributed by atoms with Gasteiger partial charge in [-0.1, -0.05) is 97.7 Å². The molecule has 0 amide bonds. The molecule has 2 aliphatic heterocycles. The molecule has 11 aromatic rings. The fourth-order valence-electron chi connectivity index (χ4n) is 10.6. The number of carbonyl (C=O) groups is 4. The number of non-ortho nitro benzene ring substituents is 4. The van der Waals surface area contributed by atoms with Crippen LogP contribution in [0.3, 0.4) is 0 Å². The summed E-state index contributed by atoms with van der Waals surface area (Å²) in [6.45, 7) is 23.4. The van der Waals surface area contributed by atoms with Crippen LogP contribution in [0.15, 0.2) is 206 Å². The number of benzene rings is 9. The van der Waals surface area contributed by atoms with Crippen molar-refractivity contribution in [3.8, 4) is 63.7 Å². The zero-order valence-electron chi connectivity index (χ0n) is 68.3. The summed E-state index contributed by atoms with van der Waals surface area (Å²) in [7, 11) is 0.670. The molecular formula is C87H81BBr5FeIN5O24Pd. The average molecular weight is 2280 g/mol. The number of nitro groups is 4. The first-order chi connectivity index (χ1) is 58.2. The largest absolute Gasteiger partial charge is 0.569 e. The number of carboxylic acid groups (broad SMARTS) is 2. The average Bonchev–Trinajstić information content (AvgIpc) is 0.791. The van der Waals surface area contributed by atoms with Gasteiger partial charge in [0.1, 0.15) is 22.7 Å². The fraction of sp³-hybridized carbons (Fsp3) is 0.218. The number of terminal acetylenes is 1. The Labute approximate surface area is 799 Å². The van der Waals surface area contributed by atoms with Gasteiger partial charge in [0.25, 0.3) is 34.7 Å². The molecule has 2 aromatic heterocycles. The third-order valence-corrected chi connectivity index (χ3v) is 22.6. The molecule has 661 valence electrons. The molecule has 2 saturated heterocycles. The molecule has 0 spiro atoms. The van der Waals surface area contributed by atoms with Crippen LogP contribution in [0.4, 0.5) is 22.7 Å². The first-order valence-corrected chi connectivity index (χ1v) is 41.7. The molecule has 0 bridgehead atoms. The number of nitrogens with one attached hydrogen (secondary N) is 1. The second-order valence-corrected chi connectivity index (χ2v) is 30.7. The van der Waals surface area contributed by atoms with Gasteiger partial charge in [0, 0.05) is 204 Å². The number of ether oxygens (including phenoxy) is 4. The zero-order chi connectivity index (χ0) is 91.7. The van der Waals surface area contributed by atoms with E-state index in [-0.39, 0.29) is 60.2 Å². The molecule has 0 unspecified atom stereocenters. The maximum atomic E-state index is 11.9. The number of hydrogen-bond acceptors (Lipinski definition) is 23. The number of rotatable bonds is 11. The number of aryl methyl sites for hydroxylation is 8. The number of esters is 2. The number of fused-ring (bicyclic) bond motifs is 2. The van der Waals surface area contributed by atoms with Gasteiger partial charge in [0.2, 0.25) is 0 Å². The van der Waals surface area contributed by atoms with Crippen molar-refractivity contribution < 1.29 is 124 Å². The maximum absolute atomic E-state index is 11.9. The normalized spacial score (nSPS) is 10.9. The van der Waals surface area contributed by atoms with E-state index < -0.39 is 54.8 Å². The number of aliphatic carboxylic acids is 2. The molecule has 0 aliphatic carbocycles. The molecule has 2 fully saturated rings. The molecule has 0 saturated carbocycles. The Morgan fingerprint density at radius 1 is 0.504 bits per heavy atom. The van der Waals surface area contributed by atoms with E-state index in [0.717, 1.165) is 147 Å². The van der Waals surface area contributed by atoms with Gasteiger partial charge in [0.15, 0.2) is 0 Å². The predicted molar refractivity (Wildman–Crippen MR) is 495 cm³/mol. The first kappa shape index (κ1) is 111. The summed E-state index contributed by atoms with van der Waals surface area (Å²) >= 11 is 19.4. The quantitative estimate of drug-likeness (QED) is 0.00892. The van der Waals surface area contributed by atoms with Crippen LogP contribution >= 0.6 is 102 Å². The zero-order valence-corrected chi connectivity index (χ0v) is 81.1. The first-order valence-electron chi connectivity index (χ1n) is 36.3. The van der Waals surface area contributed by atoms with Gasteiger partial charge in [-0.25, -0.2) is 19.2 Å². The van der Waals surface area contributed by atoms with E-state index in [4.69, 9.17) is 63.7 Å². The number of carboxylic acids is 2. The standard InChI is InChI=1S/3C17H12BrNO4.C11H9BrO2.C7H7BBrO2.C6H4INO2.C4H9NO.C4H8O.2C2H4O2.Fe.Pd/c2*1-9-7-14-16(10(2)17(9)18)13(8-15(20)23-14)11-3-5-12(6-4-11)19(21)22;1-11-9-15(10-12(2)17(11)18)23-16(20)8-5-13-3-6-14(7-4-13)19(21)22;1-4-10(13)14-9-5-7(2)11(12)8(3)6-9;9-5-6-1-3-7(4-2-6)11-8-10;7-5-1-3-6(4-2-5)8(9)10;1-3-6-4-2-5-1;1-2-4-5-3-1;2*1-2(3)4;;/h2*3-8H,1-2H3;3-4,6-7,9-10H,1-2H3;1,5-6H,2-3H3;1-4,10H,5H2;1-4H;5H,1-4H2;1-4H2;2*1H3,(H,3,4);;. The van der Waals surface area contributed by atoms with E-state index in [1.807, 2.05) is 85.6 Å². The van der Waals surface area contributed by atoms with E-state index in [9.17, 15) is 59.6 Å². The van der Waals surface area contributed by atoms with Crippen molar-refractivity contribution >= 4 is 178 Å². The van der Waals surface area contributed by atoms with E-state index in [0.29, 0.717) is 52.8 Å². The predicted octanol–water partition coefficient (Wildman–Crippen LogP) is 20.3. The number of carbonyl (C=O) groups excluding carboxylic acids is 2. The molecule has 29 nitrogen and oxygen atoms in total. The van der Waals surface area contributed by atoms with Gasteiger partial charge < -0.3 is 53.0 Å². The third kappa shape index (κ3) is 39.2. The molecule has 9 aromatic carbocycles. The van der Waals surface area contributed by atoms with Gasteiger partial charge in [-0.15, -0.1) is 6.42 Å². The van der Waals surface area contributed by atoms with Gasteiger partial charge in [0.05, 0.1) is 38.7 Å². The second-order valence-electron chi connectivity index (χ2n) is 25.8. The molecule has 1 radical (unpaired) electrons. The van der Waals surface area contributed by atoms with Crippen molar-refractivity contribution in [2.24, 2.45) is 0 Å². The summed E-state index contributed by atoms with van der Waals surface area (Å²) in [5.41, 5.74) is 12.5. The smallest absolute Gasteiger partial charge is 0.537 e. The molecule has 0 atom stereocenters. The Balaban J connectivity index is 0.000000494. The maximum Gasteiger partial charge on any atom is 0.569 e. The van der Waals surface area contributed by atoms with Crippen LogP contribution in [-0.2, 0) is 71.5 Å².